The number of rotatable bonds is 8. The number of thioether (sulfide) groups is 1. The van der Waals surface area contributed by atoms with Crippen molar-refractivity contribution in [3.05, 3.63) is 60.2 Å². The number of benzene rings is 1. The van der Waals surface area contributed by atoms with E-state index in [1.807, 2.05) is 54.3 Å². The largest absolute Gasteiger partial charge is 0.394 e. The Morgan fingerprint density at radius 2 is 1.74 bits per heavy atom. The van der Waals surface area contributed by atoms with Gasteiger partial charge in [0.05, 0.1) is 29.2 Å². The first-order valence-corrected chi connectivity index (χ1v) is 14.7. The maximum Gasteiger partial charge on any atom is 0.247 e. The molecular weight excluding hydrogens is 498 g/mol. The SMILES string of the molecule is CCCCCN1CC=C[C@]23S[C@]4(C)C=CCN(C)C(=O)[C@@H]4[C@H]2C(=O)N([C@@H](CO)Cc2ccccc2)C3C1=O. The Bertz CT molecular complexity index is 1140. The van der Waals surface area contributed by atoms with E-state index in [9.17, 15) is 19.5 Å². The van der Waals surface area contributed by atoms with Crippen LogP contribution in [0.3, 0.4) is 0 Å². The molecule has 1 N–H and O–H groups in total. The smallest absolute Gasteiger partial charge is 0.247 e. The van der Waals surface area contributed by atoms with Crippen molar-refractivity contribution in [3.8, 4) is 0 Å². The molecule has 0 aromatic heterocycles. The maximum absolute atomic E-state index is 14.5. The second kappa shape index (κ2) is 10.5. The zero-order valence-electron chi connectivity index (χ0n) is 22.6. The van der Waals surface area contributed by atoms with E-state index in [0.29, 0.717) is 26.1 Å². The average Bonchev–Trinajstić information content (AvgIpc) is 3.19. The number of carbonyl (C=O) groups is 3. The van der Waals surface area contributed by atoms with Crippen molar-refractivity contribution in [1.29, 1.82) is 0 Å². The third kappa shape index (κ3) is 4.30. The minimum absolute atomic E-state index is 0.0608. The Labute approximate surface area is 229 Å². The lowest BCUT2D eigenvalue weighted by molar-refractivity contribution is -0.147. The summed E-state index contributed by atoms with van der Waals surface area (Å²) in [4.78, 5) is 47.9. The van der Waals surface area contributed by atoms with Gasteiger partial charge in [0.1, 0.15) is 6.04 Å². The van der Waals surface area contributed by atoms with Crippen LogP contribution in [0.4, 0.5) is 0 Å². The number of hydrogen-bond donors (Lipinski definition) is 1. The van der Waals surface area contributed by atoms with Gasteiger partial charge in [-0.05, 0) is 25.3 Å². The summed E-state index contributed by atoms with van der Waals surface area (Å²) >= 11 is 1.59. The van der Waals surface area contributed by atoms with Crippen LogP contribution in [-0.4, -0.2) is 92.4 Å². The minimum atomic E-state index is -0.880. The highest BCUT2D eigenvalue weighted by Gasteiger charge is 2.74. The average molecular weight is 538 g/mol. The Morgan fingerprint density at radius 1 is 1.00 bits per heavy atom. The summed E-state index contributed by atoms with van der Waals surface area (Å²) in [5, 5.41) is 10.6. The summed E-state index contributed by atoms with van der Waals surface area (Å²) in [5.74, 6) is -1.60. The number of aliphatic hydroxyl groups is 1. The minimum Gasteiger partial charge on any atom is -0.394 e. The number of fused-ring (bicyclic) bond motifs is 2. The van der Waals surface area contributed by atoms with Gasteiger partial charge in [-0.2, -0.15) is 0 Å². The summed E-state index contributed by atoms with van der Waals surface area (Å²) in [7, 11) is 1.78. The van der Waals surface area contributed by atoms with E-state index in [1.54, 1.807) is 28.6 Å². The first kappa shape index (κ1) is 27.0. The van der Waals surface area contributed by atoms with Crippen molar-refractivity contribution in [2.24, 2.45) is 11.8 Å². The predicted octanol–water partition coefficient (Wildman–Crippen LogP) is 2.89. The molecule has 0 bridgehead atoms. The Hall–Kier alpha value is -2.58. The van der Waals surface area contributed by atoms with Crippen molar-refractivity contribution in [3.63, 3.8) is 0 Å². The molecule has 2 fully saturated rings. The molecular formula is C30H39N3O4S. The van der Waals surface area contributed by atoms with Crippen LogP contribution in [-0.2, 0) is 20.8 Å². The molecule has 4 aliphatic rings. The molecule has 1 spiro atoms. The second-order valence-corrected chi connectivity index (χ2v) is 13.1. The number of aliphatic hydroxyl groups excluding tert-OH is 1. The van der Waals surface area contributed by atoms with Crippen LogP contribution in [0.15, 0.2) is 54.6 Å². The quantitative estimate of drug-likeness (QED) is 0.408. The lowest BCUT2D eigenvalue weighted by Gasteiger charge is -2.40. The Balaban J connectivity index is 1.61. The number of likely N-dealkylation sites (tertiary alicyclic amines) is 1. The molecule has 0 saturated carbocycles. The standard InChI is InChI=1S/C30H39N3O4S/c1-4-5-9-17-32-18-11-15-30-24(23-26(35)31(3)16-10-14-29(23,2)38-30)27(36)33(25(30)28(32)37)22(20-34)19-21-12-7-6-8-13-21/h6-8,10-15,22-25,34H,4-5,9,16-20H2,1-3H3/t22-,23+,24+,25?,29-,30+/m1/s1. The molecule has 0 aliphatic carbocycles. The number of carbonyl (C=O) groups excluding carboxylic acids is 3. The van der Waals surface area contributed by atoms with Crippen molar-refractivity contribution in [2.45, 2.75) is 61.1 Å². The van der Waals surface area contributed by atoms with Crippen LogP contribution in [0.5, 0.6) is 0 Å². The number of amides is 3. The first-order chi connectivity index (χ1) is 18.3. The van der Waals surface area contributed by atoms with Crippen LogP contribution in [0.2, 0.25) is 0 Å². The van der Waals surface area contributed by atoms with Crippen LogP contribution in [0.25, 0.3) is 0 Å². The lowest BCUT2D eigenvalue weighted by atomic mass is 9.74. The van der Waals surface area contributed by atoms with Crippen molar-refractivity contribution in [1.82, 2.24) is 14.7 Å². The van der Waals surface area contributed by atoms with Gasteiger partial charge in [0.25, 0.3) is 0 Å². The molecule has 5 rings (SSSR count). The van der Waals surface area contributed by atoms with Gasteiger partial charge in [0, 0.05) is 31.4 Å². The van der Waals surface area contributed by atoms with Gasteiger partial charge in [0.15, 0.2) is 0 Å². The summed E-state index contributed by atoms with van der Waals surface area (Å²) in [6.07, 6.45) is 11.6. The highest BCUT2D eigenvalue weighted by atomic mass is 32.2. The van der Waals surface area contributed by atoms with Gasteiger partial charge in [-0.3, -0.25) is 14.4 Å². The summed E-state index contributed by atoms with van der Waals surface area (Å²) in [6.45, 7) is 5.54. The van der Waals surface area contributed by atoms with Crippen LogP contribution < -0.4 is 0 Å². The van der Waals surface area contributed by atoms with E-state index in [2.05, 4.69) is 19.1 Å². The molecule has 204 valence electrons. The molecule has 6 atom stereocenters. The van der Waals surface area contributed by atoms with Gasteiger partial charge in [-0.25, -0.2) is 0 Å². The maximum atomic E-state index is 14.5. The number of nitrogens with zero attached hydrogens (tertiary/aromatic N) is 3. The van der Waals surface area contributed by atoms with Crippen molar-refractivity contribution >= 4 is 29.5 Å². The van der Waals surface area contributed by atoms with Crippen LogP contribution >= 0.6 is 11.8 Å². The molecule has 1 aromatic carbocycles. The summed E-state index contributed by atoms with van der Waals surface area (Å²) in [5.41, 5.74) is 0.993. The summed E-state index contributed by atoms with van der Waals surface area (Å²) < 4.78 is -1.49. The first-order valence-electron chi connectivity index (χ1n) is 13.8. The topological polar surface area (TPSA) is 81.2 Å². The molecule has 38 heavy (non-hydrogen) atoms. The third-order valence-electron chi connectivity index (χ3n) is 8.73. The van der Waals surface area contributed by atoms with Crippen molar-refractivity contribution < 1.29 is 19.5 Å². The molecule has 1 aromatic rings. The third-order valence-corrected chi connectivity index (χ3v) is 10.5. The molecule has 4 heterocycles. The van der Waals surface area contributed by atoms with Gasteiger partial charge in [-0.1, -0.05) is 74.4 Å². The van der Waals surface area contributed by atoms with Crippen molar-refractivity contribution in [2.75, 3.05) is 33.3 Å². The van der Waals surface area contributed by atoms with Crippen LogP contribution in [0, 0.1) is 11.8 Å². The van der Waals surface area contributed by atoms with Gasteiger partial charge < -0.3 is 19.8 Å². The summed E-state index contributed by atoms with van der Waals surface area (Å²) in [6, 6.07) is 8.43. The van der Waals surface area contributed by atoms with E-state index in [-0.39, 0.29) is 24.3 Å². The Kier molecular flexibility index (Phi) is 7.48. The Morgan fingerprint density at radius 3 is 2.45 bits per heavy atom. The van der Waals surface area contributed by atoms with E-state index < -0.39 is 33.4 Å². The molecule has 0 radical (unpaired) electrons. The fraction of sp³-hybridized carbons (Fsp3) is 0.567. The normalized spacial score (nSPS) is 33.2. The fourth-order valence-corrected chi connectivity index (χ4v) is 9.06. The monoisotopic (exact) mass is 537 g/mol. The molecule has 4 aliphatic heterocycles. The molecule has 2 saturated heterocycles. The zero-order valence-corrected chi connectivity index (χ0v) is 23.4. The van der Waals surface area contributed by atoms with Gasteiger partial charge in [0.2, 0.25) is 17.7 Å². The van der Waals surface area contributed by atoms with E-state index >= 15 is 0 Å². The number of likely N-dealkylation sites (N-methyl/N-ethyl adjacent to an activating group) is 1. The molecule has 1 unspecified atom stereocenters. The molecule has 3 amide bonds. The van der Waals surface area contributed by atoms with Gasteiger partial charge >= 0.3 is 0 Å². The molecule has 8 heteroatoms. The van der Waals surface area contributed by atoms with E-state index in [0.717, 1.165) is 24.8 Å². The predicted molar refractivity (Wildman–Crippen MR) is 149 cm³/mol. The highest BCUT2D eigenvalue weighted by Crippen LogP contribution is 2.65. The second-order valence-electron chi connectivity index (χ2n) is 11.3. The lowest BCUT2D eigenvalue weighted by Crippen LogP contribution is -2.57. The number of unbranched alkanes of at least 4 members (excludes halogenated alkanes) is 2. The van der Waals surface area contributed by atoms with Crippen LogP contribution in [0.1, 0.15) is 38.7 Å². The molecule has 7 nitrogen and oxygen atoms in total. The van der Waals surface area contributed by atoms with E-state index in [1.165, 1.54) is 0 Å². The fourth-order valence-electron chi connectivity index (χ4n) is 6.91. The number of hydrogen-bond acceptors (Lipinski definition) is 5. The highest BCUT2D eigenvalue weighted by molar-refractivity contribution is 8.02. The van der Waals surface area contributed by atoms with Gasteiger partial charge in [-0.15, -0.1) is 11.8 Å². The van der Waals surface area contributed by atoms with E-state index in [4.69, 9.17) is 0 Å². The zero-order chi connectivity index (χ0) is 27.1.